The second-order valence-electron chi connectivity index (χ2n) is 9.92. The summed E-state index contributed by atoms with van der Waals surface area (Å²) in [5.74, 6) is 0.655. The number of rotatable bonds is 8. The molecule has 3 aliphatic rings. The Hall–Kier alpha value is -3.67. The van der Waals surface area contributed by atoms with Crippen LogP contribution in [-0.2, 0) is 0 Å². The largest absolute Gasteiger partial charge is 0.367 e. The lowest BCUT2D eigenvalue weighted by Crippen LogP contribution is -2.50. The molecule has 12 heteroatoms. The van der Waals surface area contributed by atoms with E-state index in [-0.39, 0.29) is 18.8 Å². The zero-order chi connectivity index (χ0) is 25.1. The molecule has 2 aliphatic carbocycles. The number of imidazole rings is 2. The first-order chi connectivity index (χ1) is 18.0. The number of anilines is 2. The number of pyridine rings is 1. The van der Waals surface area contributed by atoms with Crippen molar-refractivity contribution in [2.75, 3.05) is 23.3 Å². The van der Waals surface area contributed by atoms with E-state index in [0.29, 0.717) is 29.2 Å². The fourth-order valence-corrected chi connectivity index (χ4v) is 5.43. The summed E-state index contributed by atoms with van der Waals surface area (Å²) >= 11 is 1.42. The molecule has 5 heterocycles. The molecule has 190 valence electrons. The van der Waals surface area contributed by atoms with Gasteiger partial charge in [0, 0.05) is 49.0 Å². The summed E-state index contributed by atoms with van der Waals surface area (Å²) in [6.45, 7) is 0.501. The van der Waals surface area contributed by atoms with Gasteiger partial charge < -0.3 is 19.4 Å². The number of hydrogen-bond donors (Lipinski definition) is 1. The lowest BCUT2D eigenvalue weighted by Gasteiger charge is -2.41. The zero-order valence-electron chi connectivity index (χ0n) is 19.8. The third-order valence-corrected chi connectivity index (χ3v) is 7.96. The zero-order valence-corrected chi connectivity index (χ0v) is 20.6. The first-order valence-electron chi connectivity index (χ1n) is 12.4. The number of aromatic nitrogens is 6. The number of halogens is 2. The second kappa shape index (κ2) is 8.72. The Labute approximate surface area is 215 Å². The molecule has 4 aromatic heterocycles. The Bertz CT molecular complexity index is 1460. The predicted octanol–water partition coefficient (Wildman–Crippen LogP) is 4.75. The van der Waals surface area contributed by atoms with Gasteiger partial charge in [-0.05, 0) is 31.7 Å². The minimum Gasteiger partial charge on any atom is -0.367 e. The maximum atomic E-state index is 13.1. The molecule has 0 aromatic carbocycles. The van der Waals surface area contributed by atoms with Gasteiger partial charge in [-0.25, -0.2) is 28.7 Å². The second-order valence-corrected chi connectivity index (χ2v) is 10.8. The molecule has 1 saturated heterocycles. The van der Waals surface area contributed by atoms with Gasteiger partial charge >= 0.3 is 0 Å². The molecule has 1 N–H and O–H groups in total. The predicted molar refractivity (Wildman–Crippen MR) is 135 cm³/mol. The van der Waals surface area contributed by atoms with Crippen LogP contribution in [0.1, 0.15) is 53.8 Å². The molecule has 2 saturated carbocycles. The van der Waals surface area contributed by atoms with Crippen LogP contribution in [-0.4, -0.2) is 54.5 Å². The molecule has 7 rings (SSSR count). The van der Waals surface area contributed by atoms with Gasteiger partial charge in [-0.3, -0.25) is 4.79 Å². The van der Waals surface area contributed by atoms with Crippen LogP contribution >= 0.6 is 11.3 Å². The Balaban J connectivity index is 1.14. The summed E-state index contributed by atoms with van der Waals surface area (Å²) in [6.07, 6.45) is 11.2. The number of amides is 1. The van der Waals surface area contributed by atoms with Crippen molar-refractivity contribution in [3.05, 3.63) is 53.9 Å². The summed E-state index contributed by atoms with van der Waals surface area (Å²) in [5, 5.41) is 5.37. The lowest BCUT2D eigenvalue weighted by molar-refractivity contribution is 0.0614. The summed E-state index contributed by atoms with van der Waals surface area (Å²) in [6, 6.07) is 2.16. The molecule has 0 radical (unpaired) electrons. The molecule has 3 fully saturated rings. The van der Waals surface area contributed by atoms with Crippen LogP contribution in [0.3, 0.4) is 0 Å². The van der Waals surface area contributed by atoms with Crippen LogP contribution in [0.25, 0.3) is 16.5 Å². The fraction of sp³-hybridized carbons (Fsp3) is 0.400. The van der Waals surface area contributed by atoms with Crippen molar-refractivity contribution in [1.29, 1.82) is 0 Å². The van der Waals surface area contributed by atoms with E-state index in [1.54, 1.807) is 30.2 Å². The normalized spacial score (nSPS) is 17.9. The quantitative estimate of drug-likeness (QED) is 0.359. The summed E-state index contributed by atoms with van der Waals surface area (Å²) in [4.78, 5) is 32.9. The minimum atomic E-state index is -2.35. The van der Waals surface area contributed by atoms with Crippen molar-refractivity contribution < 1.29 is 13.6 Å². The number of hydrogen-bond acceptors (Lipinski definition) is 7. The highest BCUT2D eigenvalue weighted by Gasteiger charge is 2.36. The Morgan fingerprint density at radius 3 is 2.70 bits per heavy atom. The van der Waals surface area contributed by atoms with Gasteiger partial charge in [-0.1, -0.05) is 0 Å². The third-order valence-electron chi connectivity index (χ3n) is 7.12. The van der Waals surface area contributed by atoms with Gasteiger partial charge in [0.2, 0.25) is 6.43 Å². The molecule has 0 spiro atoms. The van der Waals surface area contributed by atoms with Crippen LogP contribution in [0.15, 0.2) is 42.6 Å². The van der Waals surface area contributed by atoms with Crippen molar-refractivity contribution in [3.8, 4) is 16.5 Å². The van der Waals surface area contributed by atoms with Crippen molar-refractivity contribution in [2.45, 2.75) is 44.1 Å². The molecule has 0 atom stereocenters. The van der Waals surface area contributed by atoms with E-state index in [4.69, 9.17) is 0 Å². The fourth-order valence-electron chi connectivity index (χ4n) is 4.68. The van der Waals surface area contributed by atoms with Crippen molar-refractivity contribution in [3.63, 3.8) is 0 Å². The third kappa shape index (κ3) is 4.28. The number of nitrogens with one attached hydrogen (secondary N) is 1. The van der Waals surface area contributed by atoms with Gasteiger partial charge in [0.1, 0.15) is 11.5 Å². The maximum absolute atomic E-state index is 13.1. The SMILES string of the molecule is O=C(Nc1csc(-c2nccn2C2CC2)n1)c1cc(-n2cnc(C3CC3)c2)c(N2CC(C(F)F)C2)cn1. The highest BCUT2D eigenvalue weighted by Crippen LogP contribution is 2.40. The van der Waals surface area contributed by atoms with E-state index in [1.165, 1.54) is 11.3 Å². The first-order valence-corrected chi connectivity index (χ1v) is 13.3. The highest BCUT2D eigenvalue weighted by atomic mass is 32.1. The average Bonchev–Trinajstić information content (AvgIpc) is 3.73. The Morgan fingerprint density at radius 2 is 1.95 bits per heavy atom. The van der Waals surface area contributed by atoms with Crippen LogP contribution in [0, 0.1) is 5.92 Å². The number of carbonyl (C=O) groups is 1. The lowest BCUT2D eigenvalue weighted by atomic mass is 10.00. The van der Waals surface area contributed by atoms with Gasteiger partial charge in [0.15, 0.2) is 10.8 Å². The smallest absolute Gasteiger partial charge is 0.275 e. The molecule has 37 heavy (non-hydrogen) atoms. The van der Waals surface area contributed by atoms with E-state index < -0.39 is 18.3 Å². The van der Waals surface area contributed by atoms with Gasteiger partial charge in [0.05, 0.1) is 35.5 Å². The number of carbonyl (C=O) groups excluding carboxylic acids is 1. The maximum Gasteiger partial charge on any atom is 0.275 e. The van der Waals surface area contributed by atoms with Crippen molar-refractivity contribution >= 4 is 28.7 Å². The highest BCUT2D eigenvalue weighted by molar-refractivity contribution is 7.13. The molecule has 4 aromatic rings. The molecular weight excluding hydrogens is 498 g/mol. The van der Waals surface area contributed by atoms with E-state index in [1.807, 2.05) is 21.9 Å². The van der Waals surface area contributed by atoms with Gasteiger partial charge in [-0.2, -0.15) is 0 Å². The summed E-state index contributed by atoms with van der Waals surface area (Å²) in [7, 11) is 0. The molecular formula is C25H24F2N8OS. The van der Waals surface area contributed by atoms with E-state index >= 15 is 0 Å². The first kappa shape index (κ1) is 22.5. The molecule has 0 bridgehead atoms. The molecule has 0 unspecified atom stereocenters. The summed E-state index contributed by atoms with van der Waals surface area (Å²) < 4.78 is 30.2. The molecule has 1 amide bonds. The van der Waals surface area contributed by atoms with E-state index in [2.05, 4.69) is 29.8 Å². The molecule has 1 aliphatic heterocycles. The van der Waals surface area contributed by atoms with Crippen LogP contribution in [0.5, 0.6) is 0 Å². The van der Waals surface area contributed by atoms with Crippen LogP contribution in [0.2, 0.25) is 0 Å². The van der Waals surface area contributed by atoms with E-state index in [0.717, 1.165) is 42.2 Å². The number of thiazole rings is 1. The Kier molecular flexibility index (Phi) is 5.31. The topological polar surface area (TPSA) is 93.8 Å². The van der Waals surface area contributed by atoms with E-state index in [9.17, 15) is 13.6 Å². The number of alkyl halides is 2. The standard InChI is InChI=1S/C25H24F2N8OS/c26-22(27)15-9-33(10-15)20-8-29-17(7-19(20)34-11-18(30-13-34)14-1-2-14)24(36)31-21-12-37-25(32-21)23-28-5-6-35(23)16-3-4-16/h5-8,11-16,22H,1-4,9-10H2,(H,31,36). The average molecular weight is 523 g/mol. The summed E-state index contributed by atoms with van der Waals surface area (Å²) in [5.41, 5.74) is 2.61. The number of nitrogens with zero attached hydrogens (tertiary/aromatic N) is 7. The van der Waals surface area contributed by atoms with Crippen LogP contribution < -0.4 is 10.2 Å². The Morgan fingerprint density at radius 1 is 1.11 bits per heavy atom. The molecule has 9 nitrogen and oxygen atoms in total. The van der Waals surface area contributed by atoms with Crippen molar-refractivity contribution in [1.82, 2.24) is 29.1 Å². The van der Waals surface area contributed by atoms with Crippen LogP contribution in [0.4, 0.5) is 20.3 Å². The van der Waals surface area contributed by atoms with Gasteiger partial charge in [0.25, 0.3) is 5.91 Å². The van der Waals surface area contributed by atoms with Gasteiger partial charge in [-0.15, -0.1) is 11.3 Å². The van der Waals surface area contributed by atoms with Crippen molar-refractivity contribution in [2.24, 2.45) is 5.92 Å². The monoisotopic (exact) mass is 522 g/mol. The minimum absolute atomic E-state index is 0.209.